The van der Waals surface area contributed by atoms with Crippen LogP contribution in [0.5, 0.6) is 0 Å². The van der Waals surface area contributed by atoms with E-state index in [9.17, 15) is 4.79 Å². The molecule has 1 amide bonds. The molecule has 7 heteroatoms. The summed E-state index contributed by atoms with van der Waals surface area (Å²) < 4.78 is 9.99. The van der Waals surface area contributed by atoms with Gasteiger partial charge in [-0.15, -0.1) is 0 Å². The van der Waals surface area contributed by atoms with Crippen molar-refractivity contribution in [2.45, 2.75) is 0 Å². The number of aromatic nitrogens is 3. The molecule has 7 nitrogen and oxygen atoms in total. The molecule has 1 N–H and O–H groups in total. The third kappa shape index (κ3) is 3.02. The second-order valence-electron chi connectivity index (χ2n) is 5.22. The Hall–Kier alpha value is -3.74. The molecule has 0 bridgehead atoms. The van der Waals surface area contributed by atoms with Gasteiger partial charge in [-0.25, -0.2) is 4.63 Å². The van der Waals surface area contributed by atoms with Gasteiger partial charge in [0.1, 0.15) is 0 Å². The van der Waals surface area contributed by atoms with E-state index in [0.29, 0.717) is 11.5 Å². The summed E-state index contributed by atoms with van der Waals surface area (Å²) in [6.07, 6.45) is 0. The number of hydrogen-bond donors (Lipinski definition) is 1. The average molecular weight is 332 g/mol. The third-order valence-electron chi connectivity index (χ3n) is 3.57. The Morgan fingerprint density at radius 2 is 1.52 bits per heavy atom. The van der Waals surface area contributed by atoms with Crippen LogP contribution in [-0.2, 0) is 0 Å². The monoisotopic (exact) mass is 332 g/mol. The second-order valence-corrected chi connectivity index (χ2v) is 5.22. The molecule has 0 saturated heterocycles. The van der Waals surface area contributed by atoms with Gasteiger partial charge in [0.15, 0.2) is 17.1 Å². The van der Waals surface area contributed by atoms with Gasteiger partial charge >= 0.3 is 0 Å². The van der Waals surface area contributed by atoms with Crippen molar-refractivity contribution in [2.75, 3.05) is 5.32 Å². The molecule has 0 saturated carbocycles. The van der Waals surface area contributed by atoms with Gasteiger partial charge in [-0.05, 0) is 10.3 Å². The number of hydrogen-bond acceptors (Lipinski definition) is 6. The highest BCUT2D eigenvalue weighted by Crippen LogP contribution is 2.25. The minimum atomic E-state index is -0.459. The van der Waals surface area contributed by atoms with E-state index in [4.69, 9.17) is 9.15 Å². The number of nitrogens with zero attached hydrogens (tertiary/aromatic N) is 3. The summed E-state index contributed by atoms with van der Waals surface area (Å²) in [7, 11) is 0. The molecule has 2 heterocycles. The second kappa shape index (κ2) is 6.40. The first kappa shape index (κ1) is 14.8. The molecule has 2 aromatic heterocycles. The van der Waals surface area contributed by atoms with Crippen LogP contribution in [0.25, 0.3) is 22.6 Å². The van der Waals surface area contributed by atoms with E-state index in [1.54, 1.807) is 6.07 Å². The lowest BCUT2D eigenvalue weighted by Crippen LogP contribution is -2.13. The maximum atomic E-state index is 12.4. The Kier molecular flexibility index (Phi) is 3.80. The van der Waals surface area contributed by atoms with Crippen molar-refractivity contribution in [1.82, 2.24) is 15.5 Å². The van der Waals surface area contributed by atoms with Crippen molar-refractivity contribution in [1.29, 1.82) is 0 Å². The van der Waals surface area contributed by atoms with Crippen molar-refractivity contribution in [2.24, 2.45) is 0 Å². The van der Waals surface area contributed by atoms with Crippen molar-refractivity contribution in [3.63, 3.8) is 0 Å². The van der Waals surface area contributed by atoms with E-state index >= 15 is 0 Å². The minimum Gasteiger partial charge on any atom is -0.355 e. The predicted octanol–water partition coefficient (Wildman–Crippen LogP) is 3.64. The summed E-state index contributed by atoms with van der Waals surface area (Å²) in [6, 6.07) is 20.3. The number of benzene rings is 2. The fourth-order valence-corrected chi connectivity index (χ4v) is 2.35. The standard InChI is InChI=1S/C18H12N4O3/c23-18(14-11-15(24-20-14)12-7-3-1-4-8-12)19-17-16(21-25-22-17)13-9-5-2-6-10-13/h1-11H,(H,19,22,23). The Balaban J connectivity index is 1.56. The molecule has 0 spiro atoms. The van der Waals surface area contributed by atoms with Crippen molar-refractivity contribution >= 4 is 11.7 Å². The van der Waals surface area contributed by atoms with Crippen LogP contribution in [0, 0.1) is 0 Å². The van der Waals surface area contributed by atoms with Gasteiger partial charge in [0.2, 0.25) is 5.82 Å². The molecule has 0 radical (unpaired) electrons. The zero-order valence-electron chi connectivity index (χ0n) is 12.9. The van der Waals surface area contributed by atoms with Gasteiger partial charge < -0.3 is 9.84 Å². The fourth-order valence-electron chi connectivity index (χ4n) is 2.35. The van der Waals surface area contributed by atoms with Crippen molar-refractivity contribution in [3.05, 3.63) is 72.4 Å². The molecule has 0 aliphatic heterocycles. The Morgan fingerprint density at radius 3 is 2.24 bits per heavy atom. The highest BCUT2D eigenvalue weighted by molar-refractivity contribution is 6.04. The number of carbonyl (C=O) groups excluding carboxylic acids is 1. The molecule has 4 rings (SSSR count). The van der Waals surface area contributed by atoms with Gasteiger partial charge in [-0.2, -0.15) is 0 Å². The minimum absolute atomic E-state index is 0.140. The predicted molar refractivity (Wildman–Crippen MR) is 89.6 cm³/mol. The molecular weight excluding hydrogens is 320 g/mol. The summed E-state index contributed by atoms with van der Waals surface area (Å²) in [6.45, 7) is 0. The van der Waals surface area contributed by atoms with Gasteiger partial charge in [-0.3, -0.25) is 4.79 Å². The van der Waals surface area contributed by atoms with Gasteiger partial charge in [0.05, 0.1) is 0 Å². The maximum absolute atomic E-state index is 12.4. The topological polar surface area (TPSA) is 94.1 Å². The van der Waals surface area contributed by atoms with Crippen LogP contribution in [0.1, 0.15) is 10.5 Å². The van der Waals surface area contributed by atoms with Crippen LogP contribution in [0.15, 0.2) is 75.9 Å². The van der Waals surface area contributed by atoms with Gasteiger partial charge in [0, 0.05) is 17.2 Å². The first-order valence-corrected chi connectivity index (χ1v) is 7.53. The highest BCUT2D eigenvalue weighted by Gasteiger charge is 2.19. The molecule has 122 valence electrons. The van der Waals surface area contributed by atoms with E-state index in [2.05, 4.69) is 20.8 Å². The van der Waals surface area contributed by atoms with Crippen LogP contribution in [0.3, 0.4) is 0 Å². The smallest absolute Gasteiger partial charge is 0.279 e. The molecule has 2 aromatic carbocycles. The molecule has 0 atom stereocenters. The van der Waals surface area contributed by atoms with Crippen LogP contribution in [0.2, 0.25) is 0 Å². The summed E-state index contributed by atoms with van der Waals surface area (Å²) in [5, 5.41) is 14.0. The van der Waals surface area contributed by atoms with Crippen LogP contribution < -0.4 is 5.32 Å². The van der Waals surface area contributed by atoms with Gasteiger partial charge in [-0.1, -0.05) is 65.8 Å². The number of anilines is 1. The SMILES string of the molecule is O=C(Nc1nonc1-c1ccccc1)c1cc(-c2ccccc2)on1. The van der Waals surface area contributed by atoms with Crippen molar-refractivity contribution in [3.8, 4) is 22.6 Å². The number of rotatable bonds is 4. The largest absolute Gasteiger partial charge is 0.355 e. The Bertz CT molecular complexity index is 993. The summed E-state index contributed by atoms with van der Waals surface area (Å²) in [5.74, 6) is 0.270. The summed E-state index contributed by atoms with van der Waals surface area (Å²) in [5.41, 5.74) is 2.20. The van der Waals surface area contributed by atoms with E-state index in [0.717, 1.165) is 11.1 Å². The molecule has 4 aromatic rings. The van der Waals surface area contributed by atoms with Crippen LogP contribution in [0.4, 0.5) is 5.82 Å². The average Bonchev–Trinajstić information content (AvgIpc) is 3.33. The lowest BCUT2D eigenvalue weighted by molar-refractivity contribution is 0.101. The molecular formula is C18H12N4O3. The quantitative estimate of drug-likeness (QED) is 0.613. The number of amides is 1. The zero-order valence-corrected chi connectivity index (χ0v) is 12.9. The lowest BCUT2D eigenvalue weighted by atomic mass is 10.1. The van der Waals surface area contributed by atoms with E-state index < -0.39 is 5.91 Å². The van der Waals surface area contributed by atoms with Crippen molar-refractivity contribution < 1.29 is 13.9 Å². The molecule has 0 aliphatic rings. The van der Waals surface area contributed by atoms with E-state index in [1.807, 2.05) is 60.7 Å². The summed E-state index contributed by atoms with van der Waals surface area (Å²) >= 11 is 0. The molecule has 25 heavy (non-hydrogen) atoms. The number of nitrogens with one attached hydrogen (secondary N) is 1. The van der Waals surface area contributed by atoms with E-state index in [-0.39, 0.29) is 11.5 Å². The highest BCUT2D eigenvalue weighted by atomic mass is 16.6. The molecule has 0 unspecified atom stereocenters. The van der Waals surface area contributed by atoms with E-state index in [1.165, 1.54) is 0 Å². The Labute approximate surface area is 142 Å². The summed E-state index contributed by atoms with van der Waals surface area (Å²) in [4.78, 5) is 12.4. The third-order valence-corrected chi connectivity index (χ3v) is 3.57. The zero-order chi connectivity index (χ0) is 17.1. The van der Waals surface area contributed by atoms with Gasteiger partial charge in [0.25, 0.3) is 5.91 Å². The molecule has 0 fully saturated rings. The normalized spacial score (nSPS) is 10.6. The maximum Gasteiger partial charge on any atom is 0.279 e. The Morgan fingerprint density at radius 1 is 0.840 bits per heavy atom. The van der Waals surface area contributed by atoms with Crippen LogP contribution in [-0.4, -0.2) is 21.4 Å². The fraction of sp³-hybridized carbons (Fsp3) is 0. The molecule has 0 aliphatic carbocycles. The first-order chi connectivity index (χ1) is 12.3. The van der Waals surface area contributed by atoms with Crippen LogP contribution >= 0.6 is 0 Å². The number of carbonyl (C=O) groups is 1. The first-order valence-electron chi connectivity index (χ1n) is 7.53. The lowest BCUT2D eigenvalue weighted by Gasteiger charge is -2.00.